The lowest BCUT2D eigenvalue weighted by Gasteiger charge is -2.13. The molecule has 0 unspecified atom stereocenters. The number of hydrogen-bond donors (Lipinski definition) is 1. The summed E-state index contributed by atoms with van der Waals surface area (Å²) in [5.41, 5.74) is 0. The summed E-state index contributed by atoms with van der Waals surface area (Å²) in [6.07, 6.45) is 1.12. The average molecular weight is 259 g/mol. The minimum Gasteiger partial charge on any atom is -0.497 e. The number of benzene rings is 1. The fourth-order valence-corrected chi connectivity index (χ4v) is 2.09. The third kappa shape index (κ3) is 5.55. The molecular formula is C11H17NO4S. The highest BCUT2D eigenvalue weighted by Gasteiger charge is 2.08. The molecule has 96 valence electrons. The Morgan fingerprint density at radius 2 is 1.76 bits per heavy atom. The number of sulfonamides is 1. The molecule has 0 saturated heterocycles. The first kappa shape index (κ1) is 13.8. The highest BCUT2D eigenvalue weighted by Crippen LogP contribution is 2.16. The summed E-state index contributed by atoms with van der Waals surface area (Å²) in [4.78, 5) is 0. The SMILES string of the molecule is COc1ccc(OC[C@@H](C)NS(C)(=O)=O)cc1. The van der Waals surface area contributed by atoms with Gasteiger partial charge in [0.1, 0.15) is 18.1 Å². The van der Waals surface area contributed by atoms with Gasteiger partial charge in [-0.05, 0) is 31.2 Å². The van der Waals surface area contributed by atoms with Gasteiger partial charge in [0, 0.05) is 0 Å². The van der Waals surface area contributed by atoms with Crippen LogP contribution >= 0.6 is 0 Å². The molecule has 17 heavy (non-hydrogen) atoms. The van der Waals surface area contributed by atoms with Crippen molar-refractivity contribution in [2.24, 2.45) is 0 Å². The summed E-state index contributed by atoms with van der Waals surface area (Å²) < 4.78 is 34.8. The second kappa shape index (κ2) is 5.88. The van der Waals surface area contributed by atoms with Gasteiger partial charge in [-0.15, -0.1) is 0 Å². The van der Waals surface area contributed by atoms with Gasteiger partial charge >= 0.3 is 0 Å². The van der Waals surface area contributed by atoms with Crippen molar-refractivity contribution < 1.29 is 17.9 Å². The minimum absolute atomic E-state index is 0.271. The molecular weight excluding hydrogens is 242 g/mol. The molecule has 0 aliphatic heterocycles. The van der Waals surface area contributed by atoms with Gasteiger partial charge in [-0.25, -0.2) is 13.1 Å². The average Bonchev–Trinajstić information content (AvgIpc) is 2.25. The standard InChI is InChI=1S/C11H17NO4S/c1-9(12-17(3,13)14)8-16-11-6-4-10(15-2)5-7-11/h4-7,9,12H,8H2,1-3H3/t9-/m1/s1. The molecule has 1 aromatic rings. The third-order valence-corrected chi connectivity index (χ3v) is 2.81. The van der Waals surface area contributed by atoms with E-state index in [1.807, 2.05) is 0 Å². The number of hydrogen-bond acceptors (Lipinski definition) is 4. The molecule has 0 heterocycles. The van der Waals surface area contributed by atoms with Gasteiger partial charge in [0.15, 0.2) is 0 Å². The monoisotopic (exact) mass is 259 g/mol. The van der Waals surface area contributed by atoms with Crippen molar-refractivity contribution in [3.05, 3.63) is 24.3 Å². The second-order valence-corrected chi connectivity index (χ2v) is 5.56. The van der Waals surface area contributed by atoms with E-state index in [0.717, 1.165) is 12.0 Å². The van der Waals surface area contributed by atoms with Crippen LogP contribution in [-0.4, -0.2) is 34.4 Å². The molecule has 0 fully saturated rings. The van der Waals surface area contributed by atoms with Gasteiger partial charge in [0.25, 0.3) is 0 Å². The van der Waals surface area contributed by atoms with E-state index in [1.165, 1.54) is 0 Å². The molecule has 1 rings (SSSR count). The third-order valence-electron chi connectivity index (χ3n) is 1.97. The molecule has 0 amide bonds. The Hall–Kier alpha value is -1.27. The zero-order valence-electron chi connectivity index (χ0n) is 10.1. The van der Waals surface area contributed by atoms with Gasteiger partial charge in [-0.3, -0.25) is 0 Å². The van der Waals surface area contributed by atoms with Crippen LogP contribution in [0.4, 0.5) is 0 Å². The predicted octanol–water partition coefficient (Wildman–Crippen LogP) is 1.01. The van der Waals surface area contributed by atoms with Crippen molar-refractivity contribution in [2.45, 2.75) is 13.0 Å². The van der Waals surface area contributed by atoms with Crippen LogP contribution in [0.2, 0.25) is 0 Å². The van der Waals surface area contributed by atoms with E-state index >= 15 is 0 Å². The second-order valence-electron chi connectivity index (χ2n) is 3.78. The summed E-state index contributed by atoms with van der Waals surface area (Å²) in [6, 6.07) is 6.83. The molecule has 0 aliphatic rings. The highest BCUT2D eigenvalue weighted by atomic mass is 32.2. The number of nitrogens with one attached hydrogen (secondary N) is 1. The van der Waals surface area contributed by atoms with Gasteiger partial charge in [-0.1, -0.05) is 0 Å². The lowest BCUT2D eigenvalue weighted by Crippen LogP contribution is -2.35. The number of methoxy groups -OCH3 is 1. The van der Waals surface area contributed by atoms with Crippen LogP contribution in [0, 0.1) is 0 Å². The van der Waals surface area contributed by atoms with E-state index < -0.39 is 10.0 Å². The fraction of sp³-hybridized carbons (Fsp3) is 0.455. The van der Waals surface area contributed by atoms with Crippen LogP contribution < -0.4 is 14.2 Å². The maximum atomic E-state index is 11.0. The van der Waals surface area contributed by atoms with E-state index in [1.54, 1.807) is 38.3 Å². The van der Waals surface area contributed by atoms with Crippen LogP contribution in [0.5, 0.6) is 11.5 Å². The van der Waals surface area contributed by atoms with Gasteiger partial charge in [0.05, 0.1) is 19.4 Å². The summed E-state index contributed by atoms with van der Waals surface area (Å²) in [6.45, 7) is 2.02. The Morgan fingerprint density at radius 3 is 2.24 bits per heavy atom. The molecule has 0 spiro atoms. The Labute approximate surface area is 102 Å². The molecule has 5 nitrogen and oxygen atoms in total. The zero-order valence-corrected chi connectivity index (χ0v) is 11.0. The molecule has 0 bridgehead atoms. The van der Waals surface area contributed by atoms with Gasteiger partial charge in [0.2, 0.25) is 10.0 Å². The first-order valence-electron chi connectivity index (χ1n) is 5.15. The molecule has 1 N–H and O–H groups in total. The van der Waals surface area contributed by atoms with E-state index in [9.17, 15) is 8.42 Å². The van der Waals surface area contributed by atoms with E-state index in [-0.39, 0.29) is 12.6 Å². The van der Waals surface area contributed by atoms with Crippen LogP contribution in [0.1, 0.15) is 6.92 Å². The van der Waals surface area contributed by atoms with Crippen molar-refractivity contribution in [1.82, 2.24) is 4.72 Å². The summed E-state index contributed by atoms with van der Waals surface area (Å²) in [5.74, 6) is 1.42. The molecule has 1 atom stereocenters. The van der Waals surface area contributed by atoms with Crippen LogP contribution in [0.3, 0.4) is 0 Å². The fourth-order valence-electron chi connectivity index (χ4n) is 1.29. The topological polar surface area (TPSA) is 64.6 Å². The zero-order chi connectivity index (χ0) is 12.9. The molecule has 0 aliphatic carbocycles. The lowest BCUT2D eigenvalue weighted by atomic mass is 10.3. The first-order chi connectivity index (χ1) is 7.90. The van der Waals surface area contributed by atoms with Crippen molar-refractivity contribution >= 4 is 10.0 Å². The van der Waals surface area contributed by atoms with Crippen molar-refractivity contribution in [3.63, 3.8) is 0 Å². The molecule has 0 saturated carbocycles. The highest BCUT2D eigenvalue weighted by molar-refractivity contribution is 7.88. The van der Waals surface area contributed by atoms with E-state index in [0.29, 0.717) is 5.75 Å². The quantitative estimate of drug-likeness (QED) is 0.828. The van der Waals surface area contributed by atoms with Gasteiger partial charge in [-0.2, -0.15) is 0 Å². The maximum Gasteiger partial charge on any atom is 0.209 e. The normalized spacial score (nSPS) is 13.1. The number of rotatable bonds is 6. The van der Waals surface area contributed by atoms with Crippen molar-refractivity contribution in [3.8, 4) is 11.5 Å². The van der Waals surface area contributed by atoms with Crippen molar-refractivity contribution in [2.75, 3.05) is 20.0 Å². The summed E-state index contributed by atoms with van der Waals surface area (Å²) in [5, 5.41) is 0. The Kier molecular flexibility index (Phi) is 4.77. The summed E-state index contributed by atoms with van der Waals surface area (Å²) in [7, 11) is -1.60. The largest absolute Gasteiger partial charge is 0.497 e. The van der Waals surface area contributed by atoms with E-state index in [2.05, 4.69) is 4.72 Å². The number of ether oxygens (including phenoxy) is 2. The van der Waals surface area contributed by atoms with Crippen LogP contribution in [0.25, 0.3) is 0 Å². The first-order valence-corrected chi connectivity index (χ1v) is 7.04. The smallest absolute Gasteiger partial charge is 0.209 e. The molecule has 0 aromatic heterocycles. The Bertz CT molecular complexity index is 441. The predicted molar refractivity (Wildman–Crippen MR) is 65.9 cm³/mol. The molecule has 1 aromatic carbocycles. The van der Waals surface area contributed by atoms with Crippen LogP contribution in [-0.2, 0) is 10.0 Å². The minimum atomic E-state index is -3.19. The van der Waals surface area contributed by atoms with Crippen LogP contribution in [0.15, 0.2) is 24.3 Å². The molecule has 6 heteroatoms. The van der Waals surface area contributed by atoms with Gasteiger partial charge < -0.3 is 9.47 Å². The maximum absolute atomic E-state index is 11.0. The summed E-state index contributed by atoms with van der Waals surface area (Å²) >= 11 is 0. The van der Waals surface area contributed by atoms with Crippen molar-refractivity contribution in [1.29, 1.82) is 0 Å². The Balaban J connectivity index is 2.44. The lowest BCUT2D eigenvalue weighted by molar-refractivity contribution is 0.287. The van der Waals surface area contributed by atoms with E-state index in [4.69, 9.17) is 9.47 Å². The molecule has 0 radical (unpaired) electrons. The Morgan fingerprint density at radius 1 is 1.24 bits per heavy atom.